The van der Waals surface area contributed by atoms with Gasteiger partial charge in [-0.25, -0.2) is 0 Å². The lowest BCUT2D eigenvalue weighted by Crippen LogP contribution is -2.21. The highest BCUT2D eigenvalue weighted by Gasteiger charge is 1.98. The fourth-order valence-corrected chi connectivity index (χ4v) is 1.07. The molecule has 0 saturated heterocycles. The van der Waals surface area contributed by atoms with Crippen LogP contribution in [0, 0.1) is 0 Å². The maximum absolute atomic E-state index is 3.73. The third-order valence-corrected chi connectivity index (χ3v) is 1.65. The Morgan fingerprint density at radius 1 is 1.55 bits per heavy atom. The van der Waals surface area contributed by atoms with E-state index >= 15 is 0 Å². The molecule has 0 aliphatic heterocycles. The molecule has 64 valence electrons. The van der Waals surface area contributed by atoms with Gasteiger partial charge in [-0.15, -0.1) is 0 Å². The second-order valence-corrected chi connectivity index (χ2v) is 2.53. The zero-order chi connectivity index (χ0) is 8.69. The van der Waals surface area contributed by atoms with E-state index in [1.54, 1.807) is 6.20 Å². The van der Waals surface area contributed by atoms with E-state index in [4.69, 9.17) is 0 Å². The number of hydrogen-bond acceptors (Lipinski definition) is 2. The molecule has 0 heterocycles. The van der Waals surface area contributed by atoms with E-state index < -0.39 is 0 Å². The second kappa shape index (κ2) is 5.96. The van der Waals surface area contributed by atoms with E-state index in [0.717, 1.165) is 13.1 Å². The van der Waals surface area contributed by atoms with Gasteiger partial charge in [0, 0.05) is 25.0 Å². The molecule has 0 rings (SSSR count). The quantitative estimate of drug-likeness (QED) is 0.555. The molecule has 0 aromatic rings. The minimum atomic E-state index is 1.05. The highest BCUT2D eigenvalue weighted by atomic mass is 15.1. The molecule has 0 aromatic carbocycles. The van der Waals surface area contributed by atoms with Gasteiger partial charge in [-0.2, -0.15) is 0 Å². The summed E-state index contributed by atoms with van der Waals surface area (Å²) in [6.07, 6.45) is 2.98. The van der Waals surface area contributed by atoms with Crippen LogP contribution in [0.15, 0.2) is 16.9 Å². The fourth-order valence-electron chi connectivity index (χ4n) is 1.07. The van der Waals surface area contributed by atoms with Crippen LogP contribution in [-0.2, 0) is 0 Å². The van der Waals surface area contributed by atoms with Crippen LogP contribution in [0.5, 0.6) is 0 Å². The first kappa shape index (κ1) is 10.2. The smallest absolute Gasteiger partial charge is 0.0449 e. The molecule has 0 radical (unpaired) electrons. The van der Waals surface area contributed by atoms with Crippen LogP contribution < -0.4 is 0 Å². The van der Waals surface area contributed by atoms with Crippen molar-refractivity contribution in [2.75, 3.05) is 13.1 Å². The van der Waals surface area contributed by atoms with Crippen LogP contribution in [0.2, 0.25) is 0 Å². The van der Waals surface area contributed by atoms with Gasteiger partial charge in [-0.3, -0.25) is 4.99 Å². The first-order chi connectivity index (χ1) is 5.26. The SMILES string of the molecule is C=N/C=C(\C)N(CC)CCC. The van der Waals surface area contributed by atoms with Crippen LogP contribution in [0.3, 0.4) is 0 Å². The summed E-state index contributed by atoms with van der Waals surface area (Å²) in [5.41, 5.74) is 1.20. The van der Waals surface area contributed by atoms with Gasteiger partial charge in [-0.1, -0.05) is 6.92 Å². The lowest BCUT2D eigenvalue weighted by atomic mass is 10.3. The largest absolute Gasteiger partial charge is 0.374 e. The van der Waals surface area contributed by atoms with Crippen molar-refractivity contribution in [1.82, 2.24) is 4.90 Å². The van der Waals surface area contributed by atoms with E-state index in [2.05, 4.69) is 37.4 Å². The summed E-state index contributed by atoms with van der Waals surface area (Å²) in [5.74, 6) is 0. The van der Waals surface area contributed by atoms with Crippen LogP contribution >= 0.6 is 0 Å². The topological polar surface area (TPSA) is 15.6 Å². The van der Waals surface area contributed by atoms with E-state index in [0.29, 0.717) is 0 Å². The van der Waals surface area contributed by atoms with E-state index in [1.807, 2.05) is 0 Å². The normalized spacial score (nSPS) is 11.4. The predicted octanol–water partition coefficient (Wildman–Crippen LogP) is 2.28. The Balaban J connectivity index is 4.00. The molecule has 0 unspecified atom stereocenters. The Labute approximate surface area is 69.6 Å². The highest BCUT2D eigenvalue weighted by Crippen LogP contribution is 2.03. The summed E-state index contributed by atoms with van der Waals surface area (Å²) in [4.78, 5) is 6.02. The van der Waals surface area contributed by atoms with Crippen molar-refractivity contribution < 1.29 is 0 Å². The van der Waals surface area contributed by atoms with Gasteiger partial charge in [-0.05, 0) is 27.0 Å². The van der Waals surface area contributed by atoms with Crippen molar-refractivity contribution in [1.29, 1.82) is 0 Å². The molecule has 0 amide bonds. The Hall–Kier alpha value is -0.790. The van der Waals surface area contributed by atoms with Gasteiger partial charge in [0.2, 0.25) is 0 Å². The average Bonchev–Trinajstić information content (AvgIpc) is 2.00. The van der Waals surface area contributed by atoms with Crippen molar-refractivity contribution in [2.24, 2.45) is 4.99 Å². The highest BCUT2D eigenvalue weighted by molar-refractivity contribution is 5.26. The van der Waals surface area contributed by atoms with Crippen LogP contribution in [0.4, 0.5) is 0 Å². The number of aliphatic imine (C=N–C) groups is 1. The molecule has 0 aliphatic carbocycles. The standard InChI is InChI=1S/C9H18N2/c1-5-7-11(6-2)9(3)8-10-4/h8H,4-7H2,1-3H3/b9-8+. The third kappa shape index (κ3) is 3.81. The van der Waals surface area contributed by atoms with Gasteiger partial charge in [0.05, 0.1) is 0 Å². The van der Waals surface area contributed by atoms with Gasteiger partial charge >= 0.3 is 0 Å². The van der Waals surface area contributed by atoms with E-state index in [1.165, 1.54) is 12.1 Å². The maximum atomic E-state index is 3.73. The number of nitrogens with zero attached hydrogens (tertiary/aromatic N) is 2. The Bertz CT molecular complexity index is 138. The van der Waals surface area contributed by atoms with E-state index in [-0.39, 0.29) is 0 Å². The van der Waals surface area contributed by atoms with Gasteiger partial charge in [0.1, 0.15) is 0 Å². The Morgan fingerprint density at radius 2 is 2.18 bits per heavy atom. The summed E-state index contributed by atoms with van der Waals surface area (Å²) in [5, 5.41) is 0. The maximum Gasteiger partial charge on any atom is 0.0449 e. The summed E-state index contributed by atoms with van der Waals surface area (Å²) < 4.78 is 0. The molecule has 0 spiro atoms. The summed E-state index contributed by atoms with van der Waals surface area (Å²) in [7, 11) is 0. The van der Waals surface area contributed by atoms with Crippen molar-refractivity contribution in [3.8, 4) is 0 Å². The van der Waals surface area contributed by atoms with Crippen molar-refractivity contribution in [3.63, 3.8) is 0 Å². The Kier molecular flexibility index (Phi) is 5.53. The number of hydrogen-bond donors (Lipinski definition) is 0. The molecule has 0 aromatic heterocycles. The predicted molar refractivity (Wildman–Crippen MR) is 50.8 cm³/mol. The monoisotopic (exact) mass is 154 g/mol. The molecule has 0 N–H and O–H groups in total. The number of allylic oxidation sites excluding steroid dienone is 1. The summed E-state index contributed by atoms with van der Waals surface area (Å²) in [6, 6.07) is 0. The summed E-state index contributed by atoms with van der Waals surface area (Å²) >= 11 is 0. The van der Waals surface area contributed by atoms with Gasteiger partial charge in [0.15, 0.2) is 0 Å². The lowest BCUT2D eigenvalue weighted by molar-refractivity contribution is 0.362. The first-order valence-electron chi connectivity index (χ1n) is 4.13. The van der Waals surface area contributed by atoms with Gasteiger partial charge < -0.3 is 4.90 Å². The fraction of sp³-hybridized carbons (Fsp3) is 0.667. The van der Waals surface area contributed by atoms with Crippen LogP contribution in [0.1, 0.15) is 27.2 Å². The first-order valence-corrected chi connectivity index (χ1v) is 4.13. The summed E-state index contributed by atoms with van der Waals surface area (Å²) in [6.45, 7) is 12.0. The molecule has 0 saturated carbocycles. The third-order valence-electron chi connectivity index (χ3n) is 1.65. The molecular weight excluding hydrogens is 136 g/mol. The lowest BCUT2D eigenvalue weighted by Gasteiger charge is -2.21. The molecular formula is C9H18N2. The van der Waals surface area contributed by atoms with Crippen molar-refractivity contribution in [3.05, 3.63) is 11.9 Å². The minimum Gasteiger partial charge on any atom is -0.374 e. The van der Waals surface area contributed by atoms with E-state index in [9.17, 15) is 0 Å². The molecule has 11 heavy (non-hydrogen) atoms. The zero-order valence-corrected chi connectivity index (χ0v) is 7.80. The zero-order valence-electron chi connectivity index (χ0n) is 7.80. The Morgan fingerprint density at radius 3 is 2.55 bits per heavy atom. The van der Waals surface area contributed by atoms with Crippen LogP contribution in [-0.4, -0.2) is 24.7 Å². The second-order valence-electron chi connectivity index (χ2n) is 2.53. The van der Waals surface area contributed by atoms with Crippen molar-refractivity contribution in [2.45, 2.75) is 27.2 Å². The molecule has 2 nitrogen and oxygen atoms in total. The molecule has 0 bridgehead atoms. The molecule has 0 atom stereocenters. The minimum absolute atomic E-state index is 1.05. The molecule has 2 heteroatoms. The molecule has 0 aliphatic rings. The molecule has 0 fully saturated rings. The van der Waals surface area contributed by atoms with Crippen molar-refractivity contribution >= 4 is 6.72 Å². The van der Waals surface area contributed by atoms with Gasteiger partial charge in [0.25, 0.3) is 0 Å². The number of rotatable bonds is 5. The average molecular weight is 154 g/mol. The van der Waals surface area contributed by atoms with Crippen LogP contribution in [0.25, 0.3) is 0 Å².